The third-order valence-electron chi connectivity index (χ3n) is 4.49. The summed E-state index contributed by atoms with van der Waals surface area (Å²) in [6.45, 7) is 0.553. The molecule has 0 radical (unpaired) electrons. The van der Waals surface area contributed by atoms with Crippen LogP contribution in [0.3, 0.4) is 0 Å². The number of rotatable bonds is 2. The van der Waals surface area contributed by atoms with Gasteiger partial charge in [-0.25, -0.2) is 8.78 Å². The van der Waals surface area contributed by atoms with Gasteiger partial charge in [0.05, 0.1) is 13.2 Å². The standard InChI is InChI=1S/C16H17F2NO4/c1-22-14(21)7-13(20)19-6-2-3-9-12(19)8-23-16-11(18)5-4-10(17)15(9)16/h4-5,9,12H,2-3,6-8H2,1H3/t9-,12?/m0/s1. The Hall–Kier alpha value is -2.18. The molecule has 1 aromatic rings. The van der Waals surface area contributed by atoms with E-state index in [4.69, 9.17) is 4.74 Å². The molecule has 1 saturated heterocycles. The van der Waals surface area contributed by atoms with E-state index in [0.29, 0.717) is 19.4 Å². The SMILES string of the molecule is COC(=O)CC(=O)N1CCC[C@@H]2c3c(F)ccc(F)c3OCC21. The van der Waals surface area contributed by atoms with Gasteiger partial charge in [0.2, 0.25) is 5.91 Å². The summed E-state index contributed by atoms with van der Waals surface area (Å²) >= 11 is 0. The third-order valence-corrected chi connectivity index (χ3v) is 4.49. The molecule has 1 unspecified atom stereocenters. The Bertz CT molecular complexity index is 649. The van der Waals surface area contributed by atoms with Crippen LogP contribution in [0.25, 0.3) is 0 Å². The van der Waals surface area contributed by atoms with E-state index in [0.717, 1.165) is 12.1 Å². The van der Waals surface area contributed by atoms with Gasteiger partial charge in [0, 0.05) is 18.0 Å². The van der Waals surface area contributed by atoms with Crippen LogP contribution in [0.5, 0.6) is 5.75 Å². The van der Waals surface area contributed by atoms with Gasteiger partial charge in [0.1, 0.15) is 18.8 Å². The Morgan fingerprint density at radius 1 is 1.35 bits per heavy atom. The van der Waals surface area contributed by atoms with Crippen molar-refractivity contribution in [2.75, 3.05) is 20.3 Å². The lowest BCUT2D eigenvalue weighted by molar-refractivity contribution is -0.149. The second-order valence-electron chi connectivity index (χ2n) is 5.74. The minimum absolute atomic E-state index is 0.0616. The molecule has 1 aromatic carbocycles. The Balaban J connectivity index is 1.89. The van der Waals surface area contributed by atoms with Crippen molar-refractivity contribution in [3.63, 3.8) is 0 Å². The predicted molar refractivity (Wildman–Crippen MR) is 76.0 cm³/mol. The van der Waals surface area contributed by atoms with Gasteiger partial charge < -0.3 is 14.4 Å². The largest absolute Gasteiger partial charge is 0.488 e. The second-order valence-corrected chi connectivity index (χ2v) is 5.74. The number of fused-ring (bicyclic) bond motifs is 3. The van der Waals surface area contributed by atoms with E-state index < -0.39 is 23.6 Å². The molecule has 2 aliphatic rings. The molecule has 124 valence electrons. The second kappa shape index (κ2) is 6.14. The van der Waals surface area contributed by atoms with E-state index in [2.05, 4.69) is 4.74 Å². The van der Waals surface area contributed by atoms with Crippen molar-refractivity contribution in [3.05, 3.63) is 29.3 Å². The number of carbonyl (C=O) groups excluding carboxylic acids is 2. The molecule has 2 atom stereocenters. The predicted octanol–water partition coefficient (Wildman–Crippen LogP) is 1.99. The molecular formula is C16H17F2NO4. The highest BCUT2D eigenvalue weighted by molar-refractivity contribution is 5.94. The summed E-state index contributed by atoms with van der Waals surface area (Å²) in [5.74, 6) is -2.52. The number of nitrogens with zero attached hydrogens (tertiary/aromatic N) is 1. The van der Waals surface area contributed by atoms with Gasteiger partial charge in [-0.15, -0.1) is 0 Å². The number of likely N-dealkylation sites (tertiary alicyclic amines) is 1. The highest BCUT2D eigenvalue weighted by Gasteiger charge is 2.42. The molecular weight excluding hydrogens is 308 g/mol. The molecule has 5 nitrogen and oxygen atoms in total. The normalized spacial score (nSPS) is 22.7. The molecule has 1 fully saturated rings. The van der Waals surface area contributed by atoms with Crippen LogP contribution in [0.4, 0.5) is 8.78 Å². The zero-order valence-corrected chi connectivity index (χ0v) is 12.7. The topological polar surface area (TPSA) is 55.8 Å². The van der Waals surface area contributed by atoms with Crippen LogP contribution in [0.15, 0.2) is 12.1 Å². The lowest BCUT2D eigenvalue weighted by atomic mass is 9.81. The highest BCUT2D eigenvalue weighted by atomic mass is 19.1. The Morgan fingerprint density at radius 2 is 2.09 bits per heavy atom. The van der Waals surface area contributed by atoms with Crippen LogP contribution in [-0.2, 0) is 14.3 Å². The molecule has 0 aliphatic carbocycles. The van der Waals surface area contributed by atoms with E-state index in [9.17, 15) is 18.4 Å². The first kappa shape index (κ1) is 15.7. The van der Waals surface area contributed by atoms with E-state index in [1.807, 2.05) is 0 Å². The summed E-state index contributed by atoms with van der Waals surface area (Å²) in [6, 6.07) is 1.72. The minimum atomic E-state index is -0.619. The number of esters is 1. The summed E-state index contributed by atoms with van der Waals surface area (Å²) in [5, 5.41) is 0. The van der Waals surface area contributed by atoms with Crippen LogP contribution < -0.4 is 4.74 Å². The molecule has 0 spiro atoms. The summed E-state index contributed by atoms with van der Waals surface area (Å²) in [6.07, 6.45) is 0.936. The maximum absolute atomic E-state index is 14.2. The molecule has 0 N–H and O–H groups in total. The third kappa shape index (κ3) is 2.75. The van der Waals surface area contributed by atoms with Crippen LogP contribution in [0, 0.1) is 11.6 Å². The van der Waals surface area contributed by atoms with Crippen molar-refractivity contribution in [2.45, 2.75) is 31.2 Å². The number of methoxy groups -OCH3 is 1. The molecule has 0 saturated carbocycles. The Kier molecular flexibility index (Phi) is 4.19. The van der Waals surface area contributed by atoms with Gasteiger partial charge in [-0.05, 0) is 25.0 Å². The Morgan fingerprint density at radius 3 is 2.83 bits per heavy atom. The van der Waals surface area contributed by atoms with Crippen molar-refractivity contribution in [3.8, 4) is 5.75 Å². The lowest BCUT2D eigenvalue weighted by Crippen LogP contribution is -2.52. The first-order chi connectivity index (χ1) is 11.0. The van der Waals surface area contributed by atoms with Gasteiger partial charge in [-0.2, -0.15) is 0 Å². The molecule has 0 bridgehead atoms. The summed E-state index contributed by atoms with van der Waals surface area (Å²) in [5.41, 5.74) is 0.191. The van der Waals surface area contributed by atoms with Gasteiger partial charge >= 0.3 is 5.97 Å². The number of ether oxygens (including phenoxy) is 2. The van der Waals surface area contributed by atoms with Crippen LogP contribution >= 0.6 is 0 Å². The van der Waals surface area contributed by atoms with Gasteiger partial charge in [0.15, 0.2) is 11.6 Å². The maximum Gasteiger partial charge on any atom is 0.315 e. The highest BCUT2D eigenvalue weighted by Crippen LogP contribution is 2.43. The number of amides is 1. The molecule has 1 amide bonds. The number of carbonyl (C=O) groups is 2. The maximum atomic E-state index is 14.2. The number of benzene rings is 1. The van der Waals surface area contributed by atoms with E-state index in [1.165, 1.54) is 12.0 Å². The Labute approximate surface area is 132 Å². The average molecular weight is 325 g/mol. The first-order valence-corrected chi connectivity index (χ1v) is 7.50. The van der Waals surface area contributed by atoms with E-state index in [-0.39, 0.29) is 36.2 Å². The van der Waals surface area contributed by atoms with Crippen molar-refractivity contribution >= 4 is 11.9 Å². The molecule has 0 aromatic heterocycles. The van der Waals surface area contributed by atoms with Crippen molar-refractivity contribution < 1.29 is 27.8 Å². The van der Waals surface area contributed by atoms with Crippen molar-refractivity contribution in [2.24, 2.45) is 0 Å². The number of hydrogen-bond acceptors (Lipinski definition) is 4. The van der Waals surface area contributed by atoms with Gasteiger partial charge in [-0.1, -0.05) is 0 Å². The minimum Gasteiger partial charge on any atom is -0.488 e. The van der Waals surface area contributed by atoms with E-state index in [1.54, 1.807) is 0 Å². The van der Waals surface area contributed by atoms with E-state index >= 15 is 0 Å². The lowest BCUT2D eigenvalue weighted by Gasteiger charge is -2.44. The number of hydrogen-bond donors (Lipinski definition) is 0. The molecule has 2 aliphatic heterocycles. The summed E-state index contributed by atoms with van der Waals surface area (Å²) in [4.78, 5) is 25.1. The van der Waals surface area contributed by atoms with Crippen LogP contribution in [0.2, 0.25) is 0 Å². The van der Waals surface area contributed by atoms with Crippen LogP contribution in [-0.4, -0.2) is 43.1 Å². The van der Waals surface area contributed by atoms with Gasteiger partial charge in [-0.3, -0.25) is 9.59 Å². The van der Waals surface area contributed by atoms with Gasteiger partial charge in [0.25, 0.3) is 0 Å². The smallest absolute Gasteiger partial charge is 0.315 e. The molecule has 23 heavy (non-hydrogen) atoms. The van der Waals surface area contributed by atoms with Crippen molar-refractivity contribution in [1.82, 2.24) is 4.90 Å². The monoisotopic (exact) mass is 325 g/mol. The fourth-order valence-electron chi connectivity index (χ4n) is 3.42. The number of piperidine rings is 1. The summed E-state index contributed by atoms with van der Waals surface area (Å²) < 4.78 is 37.9. The fourth-order valence-corrected chi connectivity index (χ4v) is 3.42. The molecule has 2 heterocycles. The molecule has 7 heteroatoms. The zero-order chi connectivity index (χ0) is 16.6. The van der Waals surface area contributed by atoms with Crippen LogP contribution in [0.1, 0.15) is 30.7 Å². The quantitative estimate of drug-likeness (QED) is 0.616. The number of halogens is 2. The molecule has 3 rings (SSSR count). The summed E-state index contributed by atoms with van der Waals surface area (Å²) in [7, 11) is 1.22. The average Bonchev–Trinajstić information content (AvgIpc) is 2.56. The fraction of sp³-hybridized carbons (Fsp3) is 0.500. The zero-order valence-electron chi connectivity index (χ0n) is 12.7. The van der Waals surface area contributed by atoms with Crippen molar-refractivity contribution in [1.29, 1.82) is 0 Å². The first-order valence-electron chi connectivity index (χ1n) is 7.50.